The SMILES string of the molecule is COc1ccc(S(=O)(=O)Nc2cc3c(cc2N2CCOCC2)n(C)c(=O)c(=O)n3C)cc1Cl. The number of morpholine rings is 1. The highest BCUT2D eigenvalue weighted by atomic mass is 35.5. The van der Waals surface area contributed by atoms with Gasteiger partial charge < -0.3 is 23.5 Å². The molecule has 1 saturated heterocycles. The van der Waals surface area contributed by atoms with E-state index in [1.54, 1.807) is 12.1 Å². The molecule has 2 heterocycles. The van der Waals surface area contributed by atoms with Crippen LogP contribution in [0.4, 0.5) is 11.4 Å². The van der Waals surface area contributed by atoms with E-state index >= 15 is 0 Å². The molecule has 0 unspecified atom stereocenters. The molecule has 1 aliphatic heterocycles. The minimum absolute atomic E-state index is 0.0457. The summed E-state index contributed by atoms with van der Waals surface area (Å²) in [5.74, 6) is 0.353. The number of hydrogen-bond acceptors (Lipinski definition) is 7. The van der Waals surface area contributed by atoms with Crippen molar-refractivity contribution in [2.24, 2.45) is 14.1 Å². The Hall–Kier alpha value is -3.02. The molecule has 0 saturated carbocycles. The van der Waals surface area contributed by atoms with E-state index < -0.39 is 21.1 Å². The van der Waals surface area contributed by atoms with E-state index in [2.05, 4.69) is 4.72 Å². The van der Waals surface area contributed by atoms with E-state index in [1.165, 1.54) is 48.5 Å². The van der Waals surface area contributed by atoms with Gasteiger partial charge in [-0.3, -0.25) is 14.3 Å². The third-order valence-electron chi connectivity index (χ3n) is 5.64. The number of methoxy groups -OCH3 is 1. The Bertz CT molecular complexity index is 1460. The molecule has 1 N–H and O–H groups in total. The van der Waals surface area contributed by atoms with Crippen LogP contribution in [0.1, 0.15) is 0 Å². The van der Waals surface area contributed by atoms with Crippen LogP contribution in [0.3, 0.4) is 0 Å². The van der Waals surface area contributed by atoms with Crippen LogP contribution < -0.4 is 25.5 Å². The number of ether oxygens (including phenoxy) is 2. The van der Waals surface area contributed by atoms with Gasteiger partial charge in [-0.05, 0) is 30.3 Å². The highest BCUT2D eigenvalue weighted by Gasteiger charge is 2.23. The fourth-order valence-corrected chi connectivity index (χ4v) is 5.19. The molecule has 0 amide bonds. The highest BCUT2D eigenvalue weighted by Crippen LogP contribution is 2.34. The van der Waals surface area contributed by atoms with Crippen molar-refractivity contribution in [2.75, 3.05) is 43.0 Å². The van der Waals surface area contributed by atoms with Crippen molar-refractivity contribution in [3.05, 3.63) is 56.1 Å². The minimum Gasteiger partial charge on any atom is -0.495 e. The van der Waals surface area contributed by atoms with Crippen LogP contribution >= 0.6 is 11.6 Å². The van der Waals surface area contributed by atoms with Crippen molar-refractivity contribution in [1.82, 2.24) is 9.13 Å². The number of hydrogen-bond donors (Lipinski definition) is 1. The van der Waals surface area contributed by atoms with E-state index in [0.717, 1.165) is 0 Å². The normalized spacial score (nSPS) is 14.5. The average Bonchev–Trinajstić information content (AvgIpc) is 2.81. The molecule has 1 fully saturated rings. The molecule has 33 heavy (non-hydrogen) atoms. The predicted molar refractivity (Wildman–Crippen MR) is 126 cm³/mol. The van der Waals surface area contributed by atoms with Crippen molar-refractivity contribution in [3.8, 4) is 5.75 Å². The molecule has 1 aromatic heterocycles. The Labute approximate surface area is 195 Å². The summed E-state index contributed by atoms with van der Waals surface area (Å²) in [4.78, 5) is 26.6. The van der Waals surface area contributed by atoms with Gasteiger partial charge in [-0.15, -0.1) is 0 Å². The second kappa shape index (κ2) is 8.73. The first kappa shape index (κ1) is 23.1. The molecule has 176 valence electrons. The van der Waals surface area contributed by atoms with Gasteiger partial charge in [0, 0.05) is 27.2 Å². The maximum Gasteiger partial charge on any atom is 0.316 e. The van der Waals surface area contributed by atoms with Crippen LogP contribution in [0.2, 0.25) is 5.02 Å². The maximum atomic E-state index is 13.2. The Morgan fingerprint density at radius 2 is 1.61 bits per heavy atom. The monoisotopic (exact) mass is 494 g/mol. The van der Waals surface area contributed by atoms with E-state index in [4.69, 9.17) is 21.1 Å². The molecule has 3 aromatic rings. The number of aromatic nitrogens is 2. The zero-order valence-electron chi connectivity index (χ0n) is 18.3. The Morgan fingerprint density at radius 1 is 1.00 bits per heavy atom. The number of nitrogens with zero attached hydrogens (tertiary/aromatic N) is 3. The standard InChI is InChI=1S/C21H23ClN4O6S/c1-24-17-11-15(23-33(29,30)13-4-5-19(31-3)14(22)10-13)16(26-6-8-32-9-7-26)12-18(17)25(2)21(28)20(24)27/h4-5,10-12,23H,6-9H2,1-3H3. The van der Waals surface area contributed by atoms with Crippen LogP contribution in [0, 0.1) is 0 Å². The first-order chi connectivity index (χ1) is 15.6. The van der Waals surface area contributed by atoms with Gasteiger partial charge in [0.25, 0.3) is 10.0 Å². The van der Waals surface area contributed by atoms with Crippen LogP contribution in [-0.2, 0) is 28.9 Å². The Morgan fingerprint density at radius 3 is 2.18 bits per heavy atom. The van der Waals surface area contributed by atoms with Crippen molar-refractivity contribution in [2.45, 2.75) is 4.90 Å². The van der Waals surface area contributed by atoms with Crippen molar-refractivity contribution >= 4 is 44.0 Å². The first-order valence-corrected chi connectivity index (χ1v) is 11.9. The van der Waals surface area contributed by atoms with Crippen LogP contribution in [0.25, 0.3) is 11.0 Å². The van der Waals surface area contributed by atoms with E-state index in [9.17, 15) is 18.0 Å². The first-order valence-electron chi connectivity index (χ1n) is 10.1. The highest BCUT2D eigenvalue weighted by molar-refractivity contribution is 7.92. The zero-order valence-corrected chi connectivity index (χ0v) is 19.9. The summed E-state index contributed by atoms with van der Waals surface area (Å²) in [7, 11) is 0.390. The van der Waals surface area contributed by atoms with E-state index in [-0.39, 0.29) is 15.6 Å². The van der Waals surface area contributed by atoms with E-state index in [1.807, 2.05) is 4.90 Å². The molecule has 12 heteroatoms. The van der Waals surface area contributed by atoms with E-state index in [0.29, 0.717) is 48.8 Å². The quantitative estimate of drug-likeness (QED) is 0.535. The summed E-state index contributed by atoms with van der Waals surface area (Å²) in [6.45, 7) is 2.03. The van der Waals surface area contributed by atoms with Gasteiger partial charge >= 0.3 is 11.1 Å². The van der Waals surface area contributed by atoms with Crippen LogP contribution in [-0.4, -0.2) is 51.0 Å². The summed E-state index contributed by atoms with van der Waals surface area (Å²) >= 11 is 6.13. The van der Waals surface area contributed by atoms with Gasteiger partial charge in [0.2, 0.25) is 0 Å². The Balaban J connectivity index is 1.90. The molecule has 0 bridgehead atoms. The van der Waals surface area contributed by atoms with Crippen LogP contribution in [0.5, 0.6) is 5.75 Å². The van der Waals surface area contributed by atoms with Gasteiger partial charge in [-0.1, -0.05) is 11.6 Å². The van der Waals surface area contributed by atoms with Gasteiger partial charge in [0.1, 0.15) is 5.75 Å². The number of aryl methyl sites for hydroxylation is 2. The number of nitrogens with one attached hydrogen (secondary N) is 1. The fraction of sp³-hybridized carbons (Fsp3) is 0.333. The smallest absolute Gasteiger partial charge is 0.316 e. The lowest BCUT2D eigenvalue weighted by molar-refractivity contribution is 0.123. The summed E-state index contributed by atoms with van der Waals surface area (Å²) < 4.78 is 42.1. The fourth-order valence-electron chi connectivity index (χ4n) is 3.77. The number of halogens is 1. The molecular weight excluding hydrogens is 472 g/mol. The van der Waals surface area contributed by atoms with Gasteiger partial charge in [0.05, 0.1) is 52.6 Å². The lowest BCUT2D eigenvalue weighted by Gasteiger charge is -2.31. The average molecular weight is 495 g/mol. The van der Waals surface area contributed by atoms with Crippen molar-refractivity contribution in [3.63, 3.8) is 0 Å². The molecule has 0 spiro atoms. The van der Waals surface area contributed by atoms with Crippen molar-refractivity contribution in [1.29, 1.82) is 0 Å². The largest absolute Gasteiger partial charge is 0.495 e. The molecule has 1 aliphatic rings. The number of rotatable bonds is 5. The predicted octanol–water partition coefficient (Wildman–Crippen LogP) is 1.54. The number of benzene rings is 2. The molecular formula is C21H23ClN4O6S. The molecule has 0 aliphatic carbocycles. The van der Waals surface area contributed by atoms with Crippen LogP contribution in [0.15, 0.2) is 44.8 Å². The van der Waals surface area contributed by atoms with Gasteiger partial charge in [0.15, 0.2) is 0 Å². The lowest BCUT2D eigenvalue weighted by Crippen LogP contribution is -2.40. The summed E-state index contributed by atoms with van der Waals surface area (Å²) in [6.07, 6.45) is 0. The topological polar surface area (TPSA) is 112 Å². The number of anilines is 2. The molecule has 10 nitrogen and oxygen atoms in total. The molecule has 2 aromatic carbocycles. The Kier molecular flexibility index (Phi) is 6.12. The molecule has 0 atom stereocenters. The second-order valence-electron chi connectivity index (χ2n) is 7.59. The third kappa shape index (κ3) is 4.19. The minimum atomic E-state index is -4.04. The number of fused-ring (bicyclic) bond motifs is 1. The van der Waals surface area contributed by atoms with Gasteiger partial charge in [-0.25, -0.2) is 8.42 Å². The van der Waals surface area contributed by atoms with Crippen molar-refractivity contribution < 1.29 is 17.9 Å². The zero-order chi connectivity index (χ0) is 23.9. The van der Waals surface area contributed by atoms with Gasteiger partial charge in [-0.2, -0.15) is 0 Å². The summed E-state index contributed by atoms with van der Waals surface area (Å²) in [5, 5.41) is 0.157. The second-order valence-corrected chi connectivity index (χ2v) is 9.68. The molecule has 4 rings (SSSR count). The third-order valence-corrected chi connectivity index (χ3v) is 7.30. The lowest BCUT2D eigenvalue weighted by atomic mass is 10.2. The maximum absolute atomic E-state index is 13.2. The number of sulfonamides is 1. The molecule has 0 radical (unpaired) electrons. The summed E-state index contributed by atoms with van der Waals surface area (Å²) in [5.41, 5.74) is 0.371. The summed E-state index contributed by atoms with van der Waals surface area (Å²) in [6, 6.07) is 7.43.